The van der Waals surface area contributed by atoms with Crippen LogP contribution in [0, 0.1) is 0 Å². The standard InChI is InChI=1S/C18H24N4O2/c1-18(2,3)17-20-15(24-21-17)11-22-10-13-8-6-5-7-12(13)9-14(22)16(23)19-4/h5-8,14H,9-11H2,1-4H3,(H,19,23)/t14-/m0/s1. The quantitative estimate of drug-likeness (QED) is 0.933. The Balaban J connectivity index is 1.84. The fourth-order valence-corrected chi connectivity index (χ4v) is 2.97. The molecule has 2 aromatic rings. The molecule has 0 saturated carbocycles. The zero-order chi connectivity index (χ0) is 17.3. The van der Waals surface area contributed by atoms with Crippen LogP contribution in [-0.4, -0.2) is 34.0 Å². The van der Waals surface area contributed by atoms with Gasteiger partial charge in [0.25, 0.3) is 0 Å². The molecule has 6 heteroatoms. The molecule has 2 heterocycles. The van der Waals surface area contributed by atoms with Crippen LogP contribution in [0.25, 0.3) is 0 Å². The van der Waals surface area contributed by atoms with Gasteiger partial charge >= 0.3 is 0 Å². The summed E-state index contributed by atoms with van der Waals surface area (Å²) < 4.78 is 5.41. The Morgan fingerprint density at radius 2 is 2.04 bits per heavy atom. The van der Waals surface area contributed by atoms with E-state index in [4.69, 9.17) is 4.52 Å². The molecule has 0 bridgehead atoms. The first-order valence-electron chi connectivity index (χ1n) is 8.24. The van der Waals surface area contributed by atoms with Gasteiger partial charge in [0.05, 0.1) is 12.6 Å². The van der Waals surface area contributed by atoms with Crippen LogP contribution in [0.2, 0.25) is 0 Å². The minimum Gasteiger partial charge on any atom is -0.358 e. The Kier molecular flexibility index (Phi) is 4.41. The van der Waals surface area contributed by atoms with Gasteiger partial charge in [-0.05, 0) is 17.5 Å². The van der Waals surface area contributed by atoms with Crippen LogP contribution in [0.1, 0.15) is 43.6 Å². The van der Waals surface area contributed by atoms with Crippen molar-refractivity contribution in [2.45, 2.75) is 51.7 Å². The highest BCUT2D eigenvalue weighted by molar-refractivity contribution is 5.82. The van der Waals surface area contributed by atoms with E-state index in [1.54, 1.807) is 7.05 Å². The minimum atomic E-state index is -0.227. The van der Waals surface area contributed by atoms with Crippen molar-refractivity contribution in [3.05, 3.63) is 47.1 Å². The number of nitrogens with one attached hydrogen (secondary N) is 1. The molecule has 0 saturated heterocycles. The average molecular weight is 328 g/mol. The smallest absolute Gasteiger partial charge is 0.240 e. The topological polar surface area (TPSA) is 71.3 Å². The Bertz CT molecular complexity index is 733. The predicted molar refractivity (Wildman–Crippen MR) is 90.2 cm³/mol. The SMILES string of the molecule is CNC(=O)[C@@H]1Cc2ccccc2CN1Cc1nc(C(C)(C)C)no1. The van der Waals surface area contributed by atoms with E-state index < -0.39 is 0 Å². The number of amides is 1. The summed E-state index contributed by atoms with van der Waals surface area (Å²) >= 11 is 0. The molecule has 1 aromatic carbocycles. The van der Waals surface area contributed by atoms with E-state index in [9.17, 15) is 4.79 Å². The molecule has 24 heavy (non-hydrogen) atoms. The van der Waals surface area contributed by atoms with Crippen molar-refractivity contribution in [2.24, 2.45) is 0 Å². The van der Waals surface area contributed by atoms with Crippen LogP contribution in [0.15, 0.2) is 28.8 Å². The van der Waals surface area contributed by atoms with Crippen molar-refractivity contribution in [1.29, 1.82) is 0 Å². The number of fused-ring (bicyclic) bond motifs is 1. The predicted octanol–water partition coefficient (Wildman–Crippen LogP) is 2.04. The summed E-state index contributed by atoms with van der Waals surface area (Å²) in [4.78, 5) is 18.9. The molecule has 0 unspecified atom stereocenters. The van der Waals surface area contributed by atoms with Gasteiger partial charge in [0.15, 0.2) is 5.82 Å². The van der Waals surface area contributed by atoms with E-state index in [1.165, 1.54) is 11.1 Å². The molecule has 0 radical (unpaired) electrons. The number of aromatic nitrogens is 2. The third kappa shape index (κ3) is 3.33. The molecule has 1 N–H and O–H groups in total. The Morgan fingerprint density at radius 3 is 2.67 bits per heavy atom. The van der Waals surface area contributed by atoms with Gasteiger partial charge in [0.1, 0.15) is 0 Å². The highest BCUT2D eigenvalue weighted by Gasteiger charge is 2.32. The van der Waals surface area contributed by atoms with Gasteiger partial charge in [0, 0.05) is 19.0 Å². The second-order valence-corrected chi connectivity index (χ2v) is 7.27. The zero-order valence-electron chi connectivity index (χ0n) is 14.7. The largest absolute Gasteiger partial charge is 0.358 e. The maximum atomic E-state index is 12.3. The lowest BCUT2D eigenvalue weighted by molar-refractivity contribution is -0.126. The number of hydrogen-bond acceptors (Lipinski definition) is 5. The molecule has 1 atom stereocenters. The fraction of sp³-hybridized carbons (Fsp3) is 0.500. The van der Waals surface area contributed by atoms with Crippen molar-refractivity contribution < 1.29 is 9.32 Å². The first-order valence-corrected chi connectivity index (χ1v) is 8.24. The second-order valence-electron chi connectivity index (χ2n) is 7.27. The number of hydrogen-bond donors (Lipinski definition) is 1. The number of rotatable bonds is 3. The summed E-state index contributed by atoms with van der Waals surface area (Å²) in [5.41, 5.74) is 2.31. The lowest BCUT2D eigenvalue weighted by atomic mass is 9.93. The maximum absolute atomic E-state index is 12.3. The highest BCUT2D eigenvalue weighted by atomic mass is 16.5. The molecule has 0 spiro atoms. The summed E-state index contributed by atoms with van der Waals surface area (Å²) in [5.74, 6) is 1.25. The maximum Gasteiger partial charge on any atom is 0.240 e. The number of likely N-dealkylation sites (N-methyl/N-ethyl adjacent to an activating group) is 1. The molecule has 0 fully saturated rings. The second kappa shape index (κ2) is 6.36. The molecule has 0 aliphatic carbocycles. The van der Waals surface area contributed by atoms with E-state index in [1.807, 2.05) is 32.9 Å². The Hall–Kier alpha value is -2.21. The van der Waals surface area contributed by atoms with Gasteiger partial charge in [-0.15, -0.1) is 0 Å². The minimum absolute atomic E-state index is 0.0139. The molecule has 128 valence electrons. The van der Waals surface area contributed by atoms with Gasteiger partial charge in [-0.25, -0.2) is 0 Å². The van der Waals surface area contributed by atoms with Gasteiger partial charge in [0.2, 0.25) is 11.8 Å². The molecular formula is C18H24N4O2. The summed E-state index contributed by atoms with van der Waals surface area (Å²) in [7, 11) is 1.67. The molecule has 1 aromatic heterocycles. The van der Waals surface area contributed by atoms with Crippen LogP contribution in [0.4, 0.5) is 0 Å². The van der Waals surface area contributed by atoms with Crippen molar-refractivity contribution >= 4 is 5.91 Å². The summed E-state index contributed by atoms with van der Waals surface area (Å²) in [6.07, 6.45) is 0.691. The molecule has 1 amide bonds. The lowest BCUT2D eigenvalue weighted by Crippen LogP contribution is -2.49. The molecule has 1 aliphatic rings. The van der Waals surface area contributed by atoms with Crippen LogP contribution >= 0.6 is 0 Å². The molecule has 1 aliphatic heterocycles. The summed E-state index contributed by atoms with van der Waals surface area (Å²) in [6, 6.07) is 8.02. The number of carbonyl (C=O) groups excluding carboxylic acids is 1. The van der Waals surface area contributed by atoms with Crippen molar-refractivity contribution in [3.63, 3.8) is 0 Å². The zero-order valence-corrected chi connectivity index (χ0v) is 14.7. The van der Waals surface area contributed by atoms with Gasteiger partial charge in [-0.3, -0.25) is 9.69 Å². The number of carbonyl (C=O) groups is 1. The van der Waals surface area contributed by atoms with Crippen LogP contribution < -0.4 is 5.32 Å². The lowest BCUT2D eigenvalue weighted by Gasteiger charge is -2.34. The molecule has 6 nitrogen and oxygen atoms in total. The monoisotopic (exact) mass is 328 g/mol. The first-order chi connectivity index (χ1) is 11.4. The summed E-state index contributed by atoms with van der Waals surface area (Å²) in [5, 5.41) is 6.84. The fourth-order valence-electron chi connectivity index (χ4n) is 2.97. The van der Waals surface area contributed by atoms with Gasteiger partial charge in [-0.1, -0.05) is 50.2 Å². The van der Waals surface area contributed by atoms with Crippen molar-refractivity contribution in [1.82, 2.24) is 20.4 Å². The third-order valence-corrected chi connectivity index (χ3v) is 4.37. The van der Waals surface area contributed by atoms with Gasteiger partial charge in [-0.2, -0.15) is 4.98 Å². The Labute approximate surface area is 142 Å². The van der Waals surface area contributed by atoms with E-state index in [0.29, 0.717) is 31.2 Å². The third-order valence-electron chi connectivity index (χ3n) is 4.37. The average Bonchev–Trinajstić information content (AvgIpc) is 3.02. The van der Waals surface area contributed by atoms with E-state index >= 15 is 0 Å². The van der Waals surface area contributed by atoms with Crippen molar-refractivity contribution in [2.75, 3.05) is 7.05 Å². The first kappa shape index (κ1) is 16.6. The van der Waals surface area contributed by atoms with Gasteiger partial charge < -0.3 is 9.84 Å². The normalized spacial score (nSPS) is 18.2. The van der Waals surface area contributed by atoms with Crippen LogP contribution in [-0.2, 0) is 29.7 Å². The number of nitrogens with zero attached hydrogens (tertiary/aromatic N) is 3. The van der Waals surface area contributed by atoms with E-state index in [-0.39, 0.29) is 17.4 Å². The summed E-state index contributed by atoms with van der Waals surface area (Å²) in [6.45, 7) is 7.31. The highest BCUT2D eigenvalue weighted by Crippen LogP contribution is 2.25. The number of benzene rings is 1. The molecule has 3 rings (SSSR count). The van der Waals surface area contributed by atoms with Crippen molar-refractivity contribution in [3.8, 4) is 0 Å². The molecular weight excluding hydrogens is 304 g/mol. The van der Waals surface area contributed by atoms with Crippen LogP contribution in [0.3, 0.4) is 0 Å². The van der Waals surface area contributed by atoms with E-state index in [0.717, 1.165) is 0 Å². The van der Waals surface area contributed by atoms with Crippen LogP contribution in [0.5, 0.6) is 0 Å². The Morgan fingerprint density at radius 1 is 1.33 bits per heavy atom. The van der Waals surface area contributed by atoms with E-state index in [2.05, 4.69) is 32.5 Å².